The van der Waals surface area contributed by atoms with Gasteiger partial charge in [0.25, 0.3) is 0 Å². The molecule has 64 valence electrons. The van der Waals surface area contributed by atoms with Crippen molar-refractivity contribution in [3.63, 3.8) is 0 Å². The van der Waals surface area contributed by atoms with Crippen LogP contribution in [0.5, 0.6) is 0 Å². The molecule has 1 heterocycles. The zero-order valence-corrected chi connectivity index (χ0v) is 9.53. The van der Waals surface area contributed by atoms with Crippen LogP contribution in [0.2, 0.25) is 0 Å². The summed E-state index contributed by atoms with van der Waals surface area (Å²) < 4.78 is 3.19. The minimum atomic E-state index is 0. The standard InChI is InChI=1S/C6H7N.Cl2O.H2Se/c1-6-3-2-4-7-5-6;1-3-2;/h2-5H,1H3;;1H2. The predicted octanol–water partition coefficient (Wildman–Crippen LogP) is 1.78. The first-order valence-electron chi connectivity index (χ1n) is 2.57. The van der Waals surface area contributed by atoms with Crippen LogP contribution in [0.15, 0.2) is 24.5 Å². The van der Waals surface area contributed by atoms with Gasteiger partial charge < -0.3 is 0 Å². The van der Waals surface area contributed by atoms with E-state index in [-0.39, 0.29) is 17.1 Å². The molecule has 0 spiro atoms. The fraction of sp³-hybridized carbons (Fsp3) is 0.167. The van der Waals surface area contributed by atoms with E-state index in [0.29, 0.717) is 0 Å². The molecular formula is C6H9Cl2NOSe. The fourth-order valence-electron chi connectivity index (χ4n) is 0.448. The molecule has 1 rings (SSSR count). The van der Waals surface area contributed by atoms with Gasteiger partial charge in [0, 0.05) is 12.4 Å². The van der Waals surface area contributed by atoms with Gasteiger partial charge in [-0.1, -0.05) is 6.07 Å². The fourth-order valence-corrected chi connectivity index (χ4v) is 0.448. The summed E-state index contributed by atoms with van der Waals surface area (Å²) in [5, 5.41) is 0. The Labute approximate surface area is 86.7 Å². The molecule has 11 heavy (non-hydrogen) atoms. The van der Waals surface area contributed by atoms with E-state index in [1.54, 1.807) is 6.20 Å². The summed E-state index contributed by atoms with van der Waals surface area (Å²) in [6.45, 7) is 2.02. The quantitative estimate of drug-likeness (QED) is 0.664. The molecule has 0 atom stereocenters. The average molecular weight is 261 g/mol. The Bertz CT molecular complexity index is 162. The van der Waals surface area contributed by atoms with Crippen LogP contribution in [0.3, 0.4) is 0 Å². The first-order chi connectivity index (χ1) is 4.81. The number of aromatic nitrogens is 1. The number of hydrogen-bond donors (Lipinski definition) is 0. The molecule has 1 aromatic heterocycles. The molecule has 0 amide bonds. The number of pyridine rings is 1. The van der Waals surface area contributed by atoms with Gasteiger partial charge in [-0.25, -0.2) is 0 Å². The summed E-state index contributed by atoms with van der Waals surface area (Å²) in [5.74, 6) is 0. The van der Waals surface area contributed by atoms with E-state index in [2.05, 4.69) is 32.6 Å². The molecule has 0 saturated carbocycles. The molecule has 0 bridgehead atoms. The molecule has 0 saturated heterocycles. The Hall–Kier alpha value is 0.209. The van der Waals surface area contributed by atoms with Gasteiger partial charge in [0.2, 0.25) is 0 Å². The minimum absolute atomic E-state index is 0. The van der Waals surface area contributed by atoms with Gasteiger partial charge in [-0.2, -0.15) is 3.84 Å². The van der Waals surface area contributed by atoms with Crippen LogP contribution >= 0.6 is 23.7 Å². The normalized spacial score (nSPS) is 7.18. The van der Waals surface area contributed by atoms with Crippen LogP contribution in [0.25, 0.3) is 0 Å². The Balaban J connectivity index is 0. The van der Waals surface area contributed by atoms with Crippen LogP contribution in [-0.4, -0.2) is 22.1 Å². The van der Waals surface area contributed by atoms with Gasteiger partial charge in [0.1, 0.15) is 0 Å². The van der Waals surface area contributed by atoms with E-state index in [4.69, 9.17) is 0 Å². The summed E-state index contributed by atoms with van der Waals surface area (Å²) in [7, 11) is 0. The van der Waals surface area contributed by atoms with Gasteiger partial charge in [0.15, 0.2) is 0 Å². The Morgan fingerprint density at radius 1 is 1.45 bits per heavy atom. The maximum absolute atomic E-state index is 4.26. The van der Waals surface area contributed by atoms with Gasteiger partial charge >= 0.3 is 17.1 Å². The number of aryl methyl sites for hydroxylation is 1. The van der Waals surface area contributed by atoms with Gasteiger partial charge in [0.05, 0.1) is 23.7 Å². The molecule has 0 aliphatic heterocycles. The second-order valence-corrected chi connectivity index (χ2v) is 2.06. The Kier molecular flexibility index (Phi) is 12.8. The van der Waals surface area contributed by atoms with Crippen molar-refractivity contribution >= 4 is 40.8 Å². The van der Waals surface area contributed by atoms with Gasteiger partial charge in [-0.15, -0.1) is 0 Å². The number of hydrogen-bond acceptors (Lipinski definition) is 2. The van der Waals surface area contributed by atoms with Crippen molar-refractivity contribution in [2.75, 3.05) is 0 Å². The number of rotatable bonds is 0. The summed E-state index contributed by atoms with van der Waals surface area (Å²) in [5.41, 5.74) is 1.21. The molecule has 0 aliphatic rings. The van der Waals surface area contributed by atoms with Crippen molar-refractivity contribution in [3.05, 3.63) is 30.1 Å². The van der Waals surface area contributed by atoms with Crippen LogP contribution in [0.4, 0.5) is 0 Å². The third-order valence-corrected chi connectivity index (χ3v) is 0.809. The molecule has 0 unspecified atom stereocenters. The van der Waals surface area contributed by atoms with E-state index in [0.717, 1.165) is 0 Å². The van der Waals surface area contributed by atoms with E-state index in [1.807, 2.05) is 25.3 Å². The molecule has 0 aromatic carbocycles. The third-order valence-electron chi connectivity index (χ3n) is 0.809. The summed E-state index contributed by atoms with van der Waals surface area (Å²) in [6, 6.07) is 3.95. The van der Waals surface area contributed by atoms with Crippen molar-refractivity contribution in [2.45, 2.75) is 6.92 Å². The SMILES string of the molecule is Cc1cccnc1.ClOCl.[SeH2]. The first kappa shape index (κ1) is 13.8. The topological polar surface area (TPSA) is 22.1 Å². The second kappa shape index (κ2) is 10.2. The molecule has 2 nitrogen and oxygen atoms in total. The van der Waals surface area contributed by atoms with E-state index in [9.17, 15) is 0 Å². The van der Waals surface area contributed by atoms with Crippen LogP contribution in [0, 0.1) is 6.92 Å². The second-order valence-electron chi connectivity index (χ2n) is 1.59. The first-order valence-corrected chi connectivity index (χ1v) is 3.19. The Morgan fingerprint density at radius 3 is 2.18 bits per heavy atom. The Morgan fingerprint density at radius 2 is 2.00 bits per heavy atom. The predicted molar refractivity (Wildman–Crippen MR) is 50.3 cm³/mol. The maximum atomic E-state index is 4.26. The molecule has 5 heteroatoms. The molecular weight excluding hydrogens is 252 g/mol. The number of halogens is 2. The van der Waals surface area contributed by atoms with Crippen LogP contribution < -0.4 is 0 Å². The average Bonchev–Trinajstić information content (AvgIpc) is 1.91. The van der Waals surface area contributed by atoms with Gasteiger partial charge in [-0.05, 0) is 18.6 Å². The third kappa shape index (κ3) is 10.2. The van der Waals surface area contributed by atoms with Crippen molar-refractivity contribution < 1.29 is 3.84 Å². The van der Waals surface area contributed by atoms with Crippen molar-refractivity contribution in [1.82, 2.24) is 4.98 Å². The van der Waals surface area contributed by atoms with Crippen molar-refractivity contribution in [1.29, 1.82) is 0 Å². The van der Waals surface area contributed by atoms with E-state index < -0.39 is 0 Å². The van der Waals surface area contributed by atoms with Crippen LogP contribution in [0.1, 0.15) is 5.56 Å². The summed E-state index contributed by atoms with van der Waals surface area (Å²) in [4.78, 5) is 3.88. The zero-order valence-electron chi connectivity index (χ0n) is 5.92. The molecule has 0 fully saturated rings. The molecule has 1 aromatic rings. The molecule has 0 aliphatic carbocycles. The van der Waals surface area contributed by atoms with Crippen molar-refractivity contribution in [3.8, 4) is 0 Å². The zero-order chi connectivity index (χ0) is 7.82. The van der Waals surface area contributed by atoms with Crippen molar-refractivity contribution in [2.24, 2.45) is 0 Å². The molecule has 0 radical (unpaired) electrons. The van der Waals surface area contributed by atoms with E-state index >= 15 is 0 Å². The van der Waals surface area contributed by atoms with Crippen LogP contribution in [-0.2, 0) is 3.84 Å². The monoisotopic (exact) mass is 261 g/mol. The number of nitrogens with zero attached hydrogens (tertiary/aromatic N) is 1. The van der Waals surface area contributed by atoms with E-state index in [1.165, 1.54) is 5.56 Å². The summed E-state index contributed by atoms with van der Waals surface area (Å²) in [6.07, 6.45) is 3.60. The molecule has 0 N–H and O–H groups in total. The summed E-state index contributed by atoms with van der Waals surface area (Å²) >= 11 is 8.53. The van der Waals surface area contributed by atoms with Gasteiger partial charge in [-0.3, -0.25) is 4.98 Å².